The molecule has 19 N–H and O–H groups in total. The van der Waals surface area contributed by atoms with Crippen LogP contribution in [0.25, 0.3) is 0 Å². The predicted octanol–water partition coefficient (Wildman–Crippen LogP) is -8.90. The maximum atomic E-state index is 11.1. The summed E-state index contributed by atoms with van der Waals surface area (Å²) in [4.78, 5) is 0. The van der Waals surface area contributed by atoms with Gasteiger partial charge in [0.1, 0.15) is 67.1 Å². The van der Waals surface area contributed by atoms with Gasteiger partial charge in [-0.15, -0.1) is 0 Å². The Labute approximate surface area is 241 Å². The monoisotopic (exact) mass is 614 g/mol. The molecule has 42 heavy (non-hydrogen) atoms. The van der Waals surface area contributed by atoms with E-state index in [1.807, 2.05) is 0 Å². The van der Waals surface area contributed by atoms with Gasteiger partial charge in [-0.2, -0.15) is 0 Å². The standard InChI is InChI=1S/C23H46N6O13/c24-2-7-13(32)15(34)10(28)21(37-7)40-18-6(27)1-5(26)12(31)20(18)42-23-17(36)19(9(4-30)39-23)41-22-11(29)16(35)14(33)8(3-25)38-22/h5-23,30-36H,1-4,24-29H2/t5?,6-,7?,8-,9+,10?,11?,12?,13+,14+,15?,16?,17?,18+,19+,20+,21?,22?,23?/m0/s1. The van der Waals surface area contributed by atoms with E-state index in [-0.39, 0.29) is 19.5 Å². The molecule has 0 bridgehead atoms. The first-order valence-electron chi connectivity index (χ1n) is 13.9. The fraction of sp³-hybridized carbons (Fsp3) is 1.00. The normalized spacial score (nSPS) is 53.8. The highest BCUT2D eigenvalue weighted by atomic mass is 16.8. The SMILES string of the molecule is NCC1OC(O[C@H]2[C@H](OC3O[C@H](CO)[C@@H](OC4O[C@@H](CN)[C@@H](O)C(O)C4N)C3O)C(O)C(N)C[C@@H]2N)C(N)C(O)[C@@H]1O. The molecule has 246 valence electrons. The van der Waals surface area contributed by atoms with Gasteiger partial charge in [0.25, 0.3) is 0 Å². The molecule has 0 aromatic carbocycles. The molecule has 3 aliphatic heterocycles. The maximum absolute atomic E-state index is 11.1. The molecule has 19 heteroatoms. The zero-order valence-electron chi connectivity index (χ0n) is 22.8. The van der Waals surface area contributed by atoms with Gasteiger partial charge in [-0.05, 0) is 6.42 Å². The van der Waals surface area contributed by atoms with Crippen LogP contribution in [-0.4, -0.2) is 172 Å². The van der Waals surface area contributed by atoms with E-state index in [9.17, 15) is 35.7 Å². The molecule has 0 spiro atoms. The summed E-state index contributed by atoms with van der Waals surface area (Å²) in [5, 5.41) is 73.0. The van der Waals surface area contributed by atoms with Crippen molar-refractivity contribution in [1.29, 1.82) is 0 Å². The Morgan fingerprint density at radius 2 is 0.976 bits per heavy atom. The van der Waals surface area contributed by atoms with Crippen LogP contribution in [-0.2, 0) is 28.4 Å². The van der Waals surface area contributed by atoms with Crippen molar-refractivity contribution in [2.45, 2.75) is 123 Å². The summed E-state index contributed by atoms with van der Waals surface area (Å²) >= 11 is 0. The molecule has 19 atom stereocenters. The van der Waals surface area contributed by atoms with Gasteiger partial charge in [0.15, 0.2) is 18.9 Å². The highest BCUT2D eigenvalue weighted by Gasteiger charge is 2.54. The molecule has 0 amide bonds. The summed E-state index contributed by atoms with van der Waals surface area (Å²) < 4.78 is 34.6. The molecule has 0 aromatic heterocycles. The zero-order chi connectivity index (χ0) is 31.0. The Hall–Kier alpha value is -0.760. The van der Waals surface area contributed by atoms with Crippen molar-refractivity contribution in [2.75, 3.05) is 19.7 Å². The summed E-state index contributed by atoms with van der Waals surface area (Å²) in [5.41, 5.74) is 35.6. The van der Waals surface area contributed by atoms with Crippen molar-refractivity contribution in [3.8, 4) is 0 Å². The minimum atomic E-state index is -1.60. The lowest BCUT2D eigenvalue weighted by Gasteiger charge is -2.47. The summed E-state index contributed by atoms with van der Waals surface area (Å²) in [5.74, 6) is 0. The molecule has 1 saturated carbocycles. The Morgan fingerprint density at radius 1 is 0.524 bits per heavy atom. The number of aliphatic hydroxyl groups is 7. The molecular formula is C23H46N6O13. The highest BCUT2D eigenvalue weighted by molar-refractivity contribution is 5.02. The number of rotatable bonds is 9. The third-order valence-electron chi connectivity index (χ3n) is 8.37. The van der Waals surface area contributed by atoms with Gasteiger partial charge in [0.05, 0.1) is 24.8 Å². The Bertz CT molecular complexity index is 868. The van der Waals surface area contributed by atoms with Crippen molar-refractivity contribution in [2.24, 2.45) is 34.4 Å². The second kappa shape index (κ2) is 14.1. The summed E-state index contributed by atoms with van der Waals surface area (Å²) in [6, 6.07) is -4.18. The van der Waals surface area contributed by atoms with Crippen molar-refractivity contribution < 1.29 is 64.2 Å². The zero-order valence-corrected chi connectivity index (χ0v) is 22.8. The first-order chi connectivity index (χ1) is 19.8. The van der Waals surface area contributed by atoms with Crippen molar-refractivity contribution >= 4 is 0 Å². The smallest absolute Gasteiger partial charge is 0.187 e. The highest BCUT2D eigenvalue weighted by Crippen LogP contribution is 2.34. The van der Waals surface area contributed by atoms with Gasteiger partial charge >= 0.3 is 0 Å². The first kappa shape index (κ1) is 34.1. The lowest BCUT2D eigenvalue weighted by Crippen LogP contribution is -2.68. The molecule has 1 aliphatic carbocycles. The minimum Gasteiger partial charge on any atom is -0.394 e. The molecule has 11 unspecified atom stereocenters. The third-order valence-corrected chi connectivity index (χ3v) is 8.37. The van der Waals surface area contributed by atoms with Crippen LogP contribution < -0.4 is 34.4 Å². The average Bonchev–Trinajstić information content (AvgIpc) is 3.27. The van der Waals surface area contributed by atoms with E-state index in [1.54, 1.807) is 0 Å². The van der Waals surface area contributed by atoms with Crippen LogP contribution in [0.15, 0.2) is 0 Å². The molecule has 19 nitrogen and oxygen atoms in total. The molecule has 4 fully saturated rings. The van der Waals surface area contributed by atoms with E-state index in [1.165, 1.54) is 0 Å². The molecule has 3 heterocycles. The second-order valence-electron chi connectivity index (χ2n) is 11.2. The number of nitrogens with two attached hydrogens (primary N) is 6. The van der Waals surface area contributed by atoms with Gasteiger partial charge in [0, 0.05) is 25.2 Å². The fourth-order valence-electron chi connectivity index (χ4n) is 5.74. The van der Waals surface area contributed by atoms with Crippen LogP contribution in [0.3, 0.4) is 0 Å². The van der Waals surface area contributed by atoms with Crippen LogP contribution in [0.5, 0.6) is 0 Å². The molecule has 4 rings (SSSR count). The topological polar surface area (TPSA) is 353 Å². The van der Waals surface area contributed by atoms with E-state index < -0.39 is 123 Å². The van der Waals surface area contributed by atoms with E-state index in [4.69, 9.17) is 62.8 Å². The summed E-state index contributed by atoms with van der Waals surface area (Å²) in [6.45, 7) is -0.967. The Morgan fingerprint density at radius 3 is 1.45 bits per heavy atom. The van der Waals surface area contributed by atoms with Gasteiger partial charge in [-0.25, -0.2) is 0 Å². The Kier molecular flexibility index (Phi) is 11.5. The fourth-order valence-corrected chi connectivity index (χ4v) is 5.74. The maximum Gasteiger partial charge on any atom is 0.187 e. The minimum absolute atomic E-state index is 0.0889. The van der Waals surface area contributed by atoms with Crippen LogP contribution >= 0.6 is 0 Å². The number of hydrogen-bond acceptors (Lipinski definition) is 19. The van der Waals surface area contributed by atoms with E-state index in [0.717, 1.165) is 0 Å². The summed E-state index contributed by atoms with van der Waals surface area (Å²) in [6.07, 6.45) is -19.8. The van der Waals surface area contributed by atoms with Crippen LogP contribution in [0, 0.1) is 0 Å². The lowest BCUT2D eigenvalue weighted by atomic mass is 9.84. The van der Waals surface area contributed by atoms with Crippen molar-refractivity contribution in [3.05, 3.63) is 0 Å². The number of ether oxygens (including phenoxy) is 6. The molecule has 0 aromatic rings. The van der Waals surface area contributed by atoms with Crippen molar-refractivity contribution in [1.82, 2.24) is 0 Å². The molecule has 0 radical (unpaired) electrons. The van der Waals surface area contributed by atoms with Gasteiger partial charge in [0.2, 0.25) is 0 Å². The molecule has 4 aliphatic rings. The number of aliphatic hydroxyl groups excluding tert-OH is 7. The van der Waals surface area contributed by atoms with Crippen molar-refractivity contribution in [3.63, 3.8) is 0 Å². The van der Waals surface area contributed by atoms with Gasteiger partial charge in [-0.3, -0.25) is 0 Å². The van der Waals surface area contributed by atoms with Gasteiger partial charge < -0.3 is 98.6 Å². The largest absolute Gasteiger partial charge is 0.394 e. The van der Waals surface area contributed by atoms with Crippen LogP contribution in [0.1, 0.15) is 6.42 Å². The second-order valence-corrected chi connectivity index (χ2v) is 11.2. The lowest BCUT2D eigenvalue weighted by molar-refractivity contribution is -0.306. The summed E-state index contributed by atoms with van der Waals surface area (Å²) in [7, 11) is 0. The first-order valence-corrected chi connectivity index (χ1v) is 13.9. The van der Waals surface area contributed by atoms with Gasteiger partial charge in [-0.1, -0.05) is 0 Å². The van der Waals surface area contributed by atoms with E-state index >= 15 is 0 Å². The van der Waals surface area contributed by atoms with Crippen LogP contribution in [0.2, 0.25) is 0 Å². The third kappa shape index (κ3) is 6.60. The molecule has 3 saturated heterocycles. The van der Waals surface area contributed by atoms with Crippen LogP contribution in [0.4, 0.5) is 0 Å². The predicted molar refractivity (Wildman–Crippen MR) is 138 cm³/mol. The molecular weight excluding hydrogens is 568 g/mol. The van der Waals surface area contributed by atoms with E-state index in [2.05, 4.69) is 0 Å². The quantitative estimate of drug-likeness (QED) is 0.115. The average molecular weight is 615 g/mol. The Balaban J connectivity index is 1.50. The van der Waals surface area contributed by atoms with E-state index in [0.29, 0.717) is 0 Å². The number of hydrogen-bond donors (Lipinski definition) is 13.